The van der Waals surface area contributed by atoms with Crippen LogP contribution < -0.4 is 16.0 Å². The predicted molar refractivity (Wildman–Crippen MR) is 67.4 cm³/mol. The van der Waals surface area contributed by atoms with Crippen LogP contribution in [-0.4, -0.2) is 26.0 Å². The number of nitrogens with one attached hydrogen (secondary N) is 1. The number of hydrogen-bond donors (Lipinski definition) is 2. The van der Waals surface area contributed by atoms with E-state index in [1.165, 1.54) is 6.07 Å². The summed E-state index contributed by atoms with van der Waals surface area (Å²) >= 11 is 0. The molecule has 1 aromatic carbocycles. The Kier molecular flexibility index (Phi) is 4.75. The Labute approximate surface area is 101 Å². The summed E-state index contributed by atoms with van der Waals surface area (Å²) in [5, 5.41) is 2.53. The standard InChI is InChI=1S/C12H18FN3O/c1-3-6-16(8-12(17)15-2)11-5-4-9(14)7-10(11)13/h4-5,7H,3,6,8,14H2,1-2H3,(H,15,17). The topological polar surface area (TPSA) is 58.4 Å². The van der Waals surface area contributed by atoms with Gasteiger partial charge >= 0.3 is 0 Å². The molecular weight excluding hydrogens is 221 g/mol. The fourth-order valence-corrected chi connectivity index (χ4v) is 1.59. The number of nitrogen functional groups attached to an aromatic ring is 1. The van der Waals surface area contributed by atoms with Crippen LogP contribution in [-0.2, 0) is 4.79 Å². The average Bonchev–Trinajstić information content (AvgIpc) is 2.28. The number of nitrogens with two attached hydrogens (primary N) is 1. The summed E-state index contributed by atoms with van der Waals surface area (Å²) in [6.07, 6.45) is 0.834. The molecule has 0 unspecified atom stereocenters. The lowest BCUT2D eigenvalue weighted by molar-refractivity contribution is -0.119. The van der Waals surface area contributed by atoms with E-state index in [1.807, 2.05) is 6.92 Å². The summed E-state index contributed by atoms with van der Waals surface area (Å²) in [6.45, 7) is 2.74. The Morgan fingerprint density at radius 3 is 2.76 bits per heavy atom. The van der Waals surface area contributed by atoms with E-state index in [-0.39, 0.29) is 12.5 Å². The third kappa shape index (κ3) is 3.62. The maximum Gasteiger partial charge on any atom is 0.239 e. The van der Waals surface area contributed by atoms with Crippen LogP contribution >= 0.6 is 0 Å². The number of rotatable bonds is 5. The van der Waals surface area contributed by atoms with Crippen molar-refractivity contribution in [1.29, 1.82) is 0 Å². The normalized spacial score (nSPS) is 10.1. The lowest BCUT2D eigenvalue weighted by atomic mass is 10.2. The van der Waals surface area contributed by atoms with E-state index in [1.54, 1.807) is 24.1 Å². The van der Waals surface area contributed by atoms with Gasteiger partial charge in [-0.15, -0.1) is 0 Å². The molecule has 0 atom stereocenters. The minimum Gasteiger partial charge on any atom is -0.399 e. The van der Waals surface area contributed by atoms with Crippen LogP contribution in [0.5, 0.6) is 0 Å². The molecule has 0 aliphatic heterocycles. The molecule has 0 aromatic heterocycles. The molecule has 1 aromatic rings. The highest BCUT2D eigenvalue weighted by Crippen LogP contribution is 2.21. The van der Waals surface area contributed by atoms with Crippen LogP contribution in [0.1, 0.15) is 13.3 Å². The molecule has 0 aliphatic carbocycles. The van der Waals surface area contributed by atoms with Gasteiger partial charge in [0.05, 0.1) is 12.2 Å². The predicted octanol–water partition coefficient (Wildman–Crippen LogP) is 1.37. The van der Waals surface area contributed by atoms with Crippen LogP contribution in [0.15, 0.2) is 18.2 Å². The summed E-state index contributed by atoms with van der Waals surface area (Å²) < 4.78 is 13.7. The quantitative estimate of drug-likeness (QED) is 0.763. The zero-order valence-electron chi connectivity index (χ0n) is 10.2. The Balaban J connectivity index is 2.92. The van der Waals surface area contributed by atoms with Gasteiger partial charge in [0.1, 0.15) is 5.82 Å². The maximum absolute atomic E-state index is 13.7. The number of carbonyl (C=O) groups is 1. The van der Waals surface area contributed by atoms with Crippen molar-refractivity contribution >= 4 is 17.3 Å². The minimum absolute atomic E-state index is 0.144. The first-order chi connectivity index (χ1) is 8.08. The number of halogens is 1. The molecule has 0 aliphatic rings. The van der Waals surface area contributed by atoms with Crippen LogP contribution in [0.2, 0.25) is 0 Å². The lowest BCUT2D eigenvalue weighted by Gasteiger charge is -2.23. The van der Waals surface area contributed by atoms with Gasteiger partial charge < -0.3 is 16.0 Å². The lowest BCUT2D eigenvalue weighted by Crippen LogP contribution is -2.36. The van der Waals surface area contributed by atoms with E-state index >= 15 is 0 Å². The molecule has 4 nitrogen and oxygen atoms in total. The second kappa shape index (κ2) is 6.08. The molecule has 0 saturated carbocycles. The van der Waals surface area contributed by atoms with Crippen molar-refractivity contribution in [2.45, 2.75) is 13.3 Å². The van der Waals surface area contributed by atoms with Gasteiger partial charge in [0.15, 0.2) is 0 Å². The second-order valence-corrected chi connectivity index (χ2v) is 3.81. The molecule has 17 heavy (non-hydrogen) atoms. The van der Waals surface area contributed by atoms with Crippen molar-refractivity contribution < 1.29 is 9.18 Å². The zero-order chi connectivity index (χ0) is 12.8. The van der Waals surface area contributed by atoms with Gasteiger partial charge in [0.25, 0.3) is 0 Å². The average molecular weight is 239 g/mol. The first kappa shape index (κ1) is 13.3. The molecule has 0 spiro atoms. The van der Waals surface area contributed by atoms with Gasteiger partial charge in [-0.25, -0.2) is 4.39 Å². The molecule has 0 radical (unpaired) electrons. The van der Waals surface area contributed by atoms with E-state index in [2.05, 4.69) is 5.32 Å². The highest BCUT2D eigenvalue weighted by Gasteiger charge is 2.13. The summed E-state index contributed by atoms with van der Waals surface area (Å²) in [5.41, 5.74) is 6.28. The first-order valence-corrected chi connectivity index (χ1v) is 5.59. The second-order valence-electron chi connectivity index (χ2n) is 3.81. The number of nitrogens with zero attached hydrogens (tertiary/aromatic N) is 1. The number of likely N-dealkylation sites (N-methyl/N-ethyl adjacent to an activating group) is 1. The van der Waals surface area contributed by atoms with Crippen molar-refractivity contribution in [1.82, 2.24) is 5.32 Å². The zero-order valence-corrected chi connectivity index (χ0v) is 10.2. The van der Waals surface area contributed by atoms with E-state index in [0.717, 1.165) is 6.42 Å². The summed E-state index contributed by atoms with van der Waals surface area (Å²) in [6, 6.07) is 4.50. The third-order valence-electron chi connectivity index (χ3n) is 2.42. The Morgan fingerprint density at radius 2 is 2.24 bits per heavy atom. The van der Waals surface area contributed by atoms with E-state index < -0.39 is 5.82 Å². The third-order valence-corrected chi connectivity index (χ3v) is 2.42. The number of amides is 1. The molecule has 94 valence electrons. The maximum atomic E-state index is 13.7. The molecule has 0 bridgehead atoms. The smallest absolute Gasteiger partial charge is 0.239 e. The molecule has 0 fully saturated rings. The molecule has 0 saturated heterocycles. The van der Waals surface area contributed by atoms with Crippen molar-refractivity contribution in [2.24, 2.45) is 0 Å². The SMILES string of the molecule is CCCN(CC(=O)NC)c1ccc(N)cc1F. The number of hydrogen-bond acceptors (Lipinski definition) is 3. The summed E-state index contributed by atoms with van der Waals surface area (Å²) in [4.78, 5) is 13.1. The Morgan fingerprint density at radius 1 is 1.53 bits per heavy atom. The number of anilines is 2. The molecule has 0 heterocycles. The fourth-order valence-electron chi connectivity index (χ4n) is 1.59. The van der Waals surface area contributed by atoms with Crippen LogP contribution in [0.3, 0.4) is 0 Å². The van der Waals surface area contributed by atoms with Crippen LogP contribution in [0, 0.1) is 5.82 Å². The van der Waals surface area contributed by atoms with Gasteiger partial charge in [0.2, 0.25) is 5.91 Å². The largest absolute Gasteiger partial charge is 0.399 e. The molecule has 5 heteroatoms. The van der Waals surface area contributed by atoms with Crippen LogP contribution in [0.25, 0.3) is 0 Å². The highest BCUT2D eigenvalue weighted by molar-refractivity contribution is 5.81. The van der Waals surface area contributed by atoms with Gasteiger partial charge in [-0.3, -0.25) is 4.79 Å². The van der Waals surface area contributed by atoms with Crippen molar-refractivity contribution in [3.05, 3.63) is 24.0 Å². The van der Waals surface area contributed by atoms with Gasteiger partial charge in [-0.2, -0.15) is 0 Å². The van der Waals surface area contributed by atoms with Crippen molar-refractivity contribution in [3.8, 4) is 0 Å². The van der Waals surface area contributed by atoms with Gasteiger partial charge in [0, 0.05) is 19.3 Å². The highest BCUT2D eigenvalue weighted by atomic mass is 19.1. The molecule has 1 rings (SSSR count). The first-order valence-electron chi connectivity index (χ1n) is 5.59. The summed E-state index contributed by atoms with van der Waals surface area (Å²) in [5.74, 6) is -0.544. The van der Waals surface area contributed by atoms with Gasteiger partial charge in [-0.05, 0) is 24.6 Å². The van der Waals surface area contributed by atoms with Crippen molar-refractivity contribution in [3.63, 3.8) is 0 Å². The monoisotopic (exact) mass is 239 g/mol. The number of carbonyl (C=O) groups excluding carboxylic acids is 1. The van der Waals surface area contributed by atoms with Crippen LogP contribution in [0.4, 0.5) is 15.8 Å². The molecule has 1 amide bonds. The molecule has 3 N–H and O–H groups in total. The summed E-state index contributed by atoms with van der Waals surface area (Å²) in [7, 11) is 1.56. The van der Waals surface area contributed by atoms with Crippen molar-refractivity contribution in [2.75, 3.05) is 30.8 Å². The van der Waals surface area contributed by atoms with E-state index in [0.29, 0.717) is 17.9 Å². The fraction of sp³-hybridized carbons (Fsp3) is 0.417. The van der Waals surface area contributed by atoms with E-state index in [4.69, 9.17) is 5.73 Å². The minimum atomic E-state index is -0.401. The molecular formula is C12H18FN3O. The van der Waals surface area contributed by atoms with E-state index in [9.17, 15) is 9.18 Å². The Hall–Kier alpha value is -1.78. The Bertz CT molecular complexity index is 395. The van der Waals surface area contributed by atoms with Gasteiger partial charge in [-0.1, -0.05) is 6.92 Å². The number of benzene rings is 1.